The summed E-state index contributed by atoms with van der Waals surface area (Å²) in [5.41, 5.74) is 1.20. The molecule has 0 bridgehead atoms. The summed E-state index contributed by atoms with van der Waals surface area (Å²) in [7, 11) is 0. The van der Waals surface area contributed by atoms with Crippen molar-refractivity contribution < 1.29 is 9.59 Å². The summed E-state index contributed by atoms with van der Waals surface area (Å²) in [5, 5.41) is 8.83. The Morgan fingerprint density at radius 2 is 2.00 bits per heavy atom. The Morgan fingerprint density at radius 1 is 1.24 bits per heavy atom. The molecule has 0 aromatic heterocycles. The van der Waals surface area contributed by atoms with E-state index in [0.29, 0.717) is 24.2 Å². The van der Waals surface area contributed by atoms with Crippen LogP contribution in [-0.2, 0) is 4.79 Å². The second-order valence-corrected chi connectivity index (χ2v) is 5.05. The average Bonchev–Trinajstić information content (AvgIpc) is 2.45. The van der Waals surface area contributed by atoms with Crippen molar-refractivity contribution >= 4 is 17.5 Å². The van der Waals surface area contributed by atoms with E-state index < -0.39 is 0 Å². The number of anilines is 1. The fourth-order valence-corrected chi connectivity index (χ4v) is 1.99. The van der Waals surface area contributed by atoms with Gasteiger partial charge < -0.3 is 16.0 Å². The number of rotatable bonds is 8. The molecule has 0 aliphatic rings. The van der Waals surface area contributed by atoms with Crippen LogP contribution in [0.3, 0.4) is 0 Å². The van der Waals surface area contributed by atoms with Crippen LogP contribution in [-0.4, -0.2) is 30.9 Å². The fourth-order valence-electron chi connectivity index (χ4n) is 1.99. The van der Waals surface area contributed by atoms with Gasteiger partial charge in [0, 0.05) is 30.3 Å². The standard InChI is InChI=1S/C16H25N3O2/c1-4-9-18-16(21)13-7-6-8-14(11-13)19-15(20)10-12(3)17-5-2/h6-8,11-12,17H,4-5,9-10H2,1-3H3,(H,18,21)(H,19,20). The Labute approximate surface area is 126 Å². The van der Waals surface area contributed by atoms with Gasteiger partial charge >= 0.3 is 0 Å². The largest absolute Gasteiger partial charge is 0.352 e. The fraction of sp³-hybridized carbons (Fsp3) is 0.500. The molecule has 116 valence electrons. The maximum Gasteiger partial charge on any atom is 0.251 e. The molecule has 1 aromatic carbocycles. The summed E-state index contributed by atoms with van der Waals surface area (Å²) in [6, 6.07) is 7.12. The number of benzene rings is 1. The maximum absolute atomic E-state index is 11.9. The summed E-state index contributed by atoms with van der Waals surface area (Å²) in [4.78, 5) is 23.8. The molecule has 0 radical (unpaired) electrons. The number of amides is 2. The summed E-state index contributed by atoms with van der Waals surface area (Å²) in [5.74, 6) is -0.177. The van der Waals surface area contributed by atoms with Crippen LogP contribution < -0.4 is 16.0 Å². The SMILES string of the molecule is CCCNC(=O)c1cccc(NC(=O)CC(C)NCC)c1. The predicted molar refractivity (Wildman–Crippen MR) is 85.5 cm³/mol. The van der Waals surface area contributed by atoms with E-state index in [1.54, 1.807) is 24.3 Å². The molecule has 0 saturated heterocycles. The minimum atomic E-state index is -0.117. The summed E-state index contributed by atoms with van der Waals surface area (Å²) < 4.78 is 0. The van der Waals surface area contributed by atoms with Gasteiger partial charge in [0.25, 0.3) is 5.91 Å². The second kappa shape index (κ2) is 9.13. The van der Waals surface area contributed by atoms with E-state index >= 15 is 0 Å². The van der Waals surface area contributed by atoms with Crippen LogP contribution in [0, 0.1) is 0 Å². The Bertz CT molecular complexity index is 474. The van der Waals surface area contributed by atoms with Crippen LogP contribution in [0.25, 0.3) is 0 Å². The van der Waals surface area contributed by atoms with Crippen molar-refractivity contribution in [2.45, 2.75) is 39.7 Å². The first-order valence-corrected chi connectivity index (χ1v) is 7.48. The molecule has 0 saturated carbocycles. The second-order valence-electron chi connectivity index (χ2n) is 5.05. The van der Waals surface area contributed by atoms with Crippen LogP contribution in [0.1, 0.15) is 44.0 Å². The molecule has 2 amide bonds. The quantitative estimate of drug-likeness (QED) is 0.687. The number of carbonyl (C=O) groups excluding carboxylic acids is 2. The number of hydrogen-bond acceptors (Lipinski definition) is 3. The lowest BCUT2D eigenvalue weighted by atomic mass is 10.1. The highest BCUT2D eigenvalue weighted by molar-refractivity contribution is 5.97. The molecule has 1 atom stereocenters. The van der Waals surface area contributed by atoms with Gasteiger partial charge in [0.15, 0.2) is 0 Å². The van der Waals surface area contributed by atoms with Crippen molar-refractivity contribution in [1.29, 1.82) is 0 Å². The zero-order valence-electron chi connectivity index (χ0n) is 13.0. The maximum atomic E-state index is 11.9. The highest BCUT2D eigenvalue weighted by Crippen LogP contribution is 2.11. The monoisotopic (exact) mass is 291 g/mol. The van der Waals surface area contributed by atoms with Gasteiger partial charge in [-0.2, -0.15) is 0 Å². The van der Waals surface area contributed by atoms with Crippen LogP contribution in [0.2, 0.25) is 0 Å². The van der Waals surface area contributed by atoms with Crippen molar-refractivity contribution in [2.24, 2.45) is 0 Å². The molecular formula is C16H25N3O2. The molecule has 21 heavy (non-hydrogen) atoms. The van der Waals surface area contributed by atoms with Crippen molar-refractivity contribution in [1.82, 2.24) is 10.6 Å². The summed E-state index contributed by atoms with van der Waals surface area (Å²) >= 11 is 0. The van der Waals surface area contributed by atoms with Gasteiger partial charge in [0.2, 0.25) is 5.91 Å². The van der Waals surface area contributed by atoms with Crippen LogP contribution in [0.15, 0.2) is 24.3 Å². The lowest BCUT2D eigenvalue weighted by molar-refractivity contribution is -0.116. The molecule has 5 nitrogen and oxygen atoms in total. The highest BCUT2D eigenvalue weighted by atomic mass is 16.2. The van der Waals surface area contributed by atoms with E-state index in [-0.39, 0.29) is 17.9 Å². The lowest BCUT2D eigenvalue weighted by Gasteiger charge is -2.12. The Hall–Kier alpha value is -1.88. The molecule has 5 heteroatoms. The average molecular weight is 291 g/mol. The Kier molecular flexibility index (Phi) is 7.46. The number of hydrogen-bond donors (Lipinski definition) is 3. The van der Waals surface area contributed by atoms with E-state index in [1.807, 2.05) is 20.8 Å². The Morgan fingerprint density at radius 3 is 2.67 bits per heavy atom. The van der Waals surface area contributed by atoms with Crippen molar-refractivity contribution in [3.05, 3.63) is 29.8 Å². The van der Waals surface area contributed by atoms with E-state index in [2.05, 4.69) is 16.0 Å². The van der Waals surface area contributed by atoms with E-state index in [0.717, 1.165) is 13.0 Å². The van der Waals surface area contributed by atoms with Gasteiger partial charge in [-0.3, -0.25) is 9.59 Å². The van der Waals surface area contributed by atoms with Crippen molar-refractivity contribution in [2.75, 3.05) is 18.4 Å². The summed E-state index contributed by atoms with van der Waals surface area (Å²) in [6.07, 6.45) is 1.30. The third-order valence-corrected chi connectivity index (χ3v) is 2.99. The molecule has 1 unspecified atom stereocenters. The van der Waals surface area contributed by atoms with Gasteiger partial charge in [-0.15, -0.1) is 0 Å². The molecule has 1 rings (SSSR count). The lowest BCUT2D eigenvalue weighted by Crippen LogP contribution is -2.30. The molecule has 0 fully saturated rings. The zero-order chi connectivity index (χ0) is 15.7. The normalized spacial score (nSPS) is 11.8. The first kappa shape index (κ1) is 17.2. The highest BCUT2D eigenvalue weighted by Gasteiger charge is 2.10. The van der Waals surface area contributed by atoms with Gasteiger partial charge in [-0.1, -0.05) is 19.9 Å². The molecule has 1 aromatic rings. The first-order valence-electron chi connectivity index (χ1n) is 7.48. The smallest absolute Gasteiger partial charge is 0.251 e. The van der Waals surface area contributed by atoms with Gasteiger partial charge in [0.1, 0.15) is 0 Å². The molecule has 0 spiro atoms. The number of carbonyl (C=O) groups is 2. The Balaban J connectivity index is 2.59. The zero-order valence-corrected chi connectivity index (χ0v) is 13.0. The van der Waals surface area contributed by atoms with Crippen molar-refractivity contribution in [3.63, 3.8) is 0 Å². The van der Waals surface area contributed by atoms with Gasteiger partial charge in [0.05, 0.1) is 0 Å². The molecule has 3 N–H and O–H groups in total. The van der Waals surface area contributed by atoms with E-state index in [1.165, 1.54) is 0 Å². The van der Waals surface area contributed by atoms with Crippen LogP contribution in [0.4, 0.5) is 5.69 Å². The minimum Gasteiger partial charge on any atom is -0.352 e. The minimum absolute atomic E-state index is 0.0606. The topological polar surface area (TPSA) is 70.2 Å². The first-order chi connectivity index (χ1) is 10.1. The molecule has 0 heterocycles. The van der Waals surface area contributed by atoms with Gasteiger partial charge in [-0.25, -0.2) is 0 Å². The number of nitrogens with one attached hydrogen (secondary N) is 3. The molecular weight excluding hydrogens is 266 g/mol. The predicted octanol–water partition coefficient (Wildman–Crippen LogP) is 2.15. The molecule has 0 aliphatic heterocycles. The van der Waals surface area contributed by atoms with Gasteiger partial charge in [-0.05, 0) is 38.1 Å². The molecule has 0 aliphatic carbocycles. The third kappa shape index (κ3) is 6.40. The summed E-state index contributed by atoms with van der Waals surface area (Å²) in [6.45, 7) is 7.46. The van der Waals surface area contributed by atoms with E-state index in [4.69, 9.17) is 0 Å². The van der Waals surface area contributed by atoms with Crippen LogP contribution >= 0.6 is 0 Å². The third-order valence-electron chi connectivity index (χ3n) is 2.99. The van der Waals surface area contributed by atoms with Crippen LogP contribution in [0.5, 0.6) is 0 Å². The van der Waals surface area contributed by atoms with Crippen molar-refractivity contribution in [3.8, 4) is 0 Å². The van der Waals surface area contributed by atoms with E-state index in [9.17, 15) is 9.59 Å².